The smallest absolute Gasteiger partial charge is 0.228 e. The molecule has 238 valence electrons. The summed E-state index contributed by atoms with van der Waals surface area (Å²) < 4.78 is 11.4. The molecule has 0 fully saturated rings. The zero-order valence-corrected chi connectivity index (χ0v) is 27.4. The Balaban J connectivity index is 1.24. The van der Waals surface area contributed by atoms with Crippen molar-refractivity contribution in [3.05, 3.63) is 170 Å². The number of rotatable bonds is 4. The zero-order valence-electron chi connectivity index (χ0n) is 27.4. The van der Waals surface area contributed by atoms with Crippen LogP contribution in [0.3, 0.4) is 0 Å². The number of hydrogen-bond donors (Lipinski definition) is 0. The van der Waals surface area contributed by atoms with E-state index < -0.39 is 0 Å². The number of nitrogens with zero attached hydrogens (tertiary/aromatic N) is 4. The third kappa shape index (κ3) is 4.09. The molecule has 0 unspecified atom stereocenters. The van der Waals surface area contributed by atoms with Gasteiger partial charge in [0.05, 0.1) is 27.6 Å². The van der Waals surface area contributed by atoms with E-state index in [0.717, 1.165) is 66.6 Å². The average molecular weight is 653 g/mol. The fourth-order valence-corrected chi connectivity index (χ4v) is 8.03. The maximum Gasteiger partial charge on any atom is 0.228 e. The molecular weight excluding hydrogens is 625 g/mol. The Morgan fingerprint density at radius 1 is 0.431 bits per heavy atom. The maximum atomic E-state index is 6.68. The molecule has 0 aliphatic heterocycles. The summed E-state index contributed by atoms with van der Waals surface area (Å²) in [6, 6.07) is 57.8. The third-order valence-corrected chi connectivity index (χ3v) is 10.2. The number of oxazole rings is 1. The van der Waals surface area contributed by atoms with Crippen LogP contribution >= 0.6 is 0 Å². The maximum absolute atomic E-state index is 6.68. The Morgan fingerprint density at radius 3 is 1.88 bits per heavy atom. The second-order valence-electron chi connectivity index (χ2n) is 13.0. The molecular formula is C46H28N4O. The van der Waals surface area contributed by atoms with Crippen molar-refractivity contribution in [2.24, 2.45) is 0 Å². The van der Waals surface area contributed by atoms with Crippen LogP contribution in [0.15, 0.2) is 174 Å². The van der Waals surface area contributed by atoms with Gasteiger partial charge in [0.15, 0.2) is 5.58 Å². The Morgan fingerprint density at radius 2 is 1.10 bits per heavy atom. The van der Waals surface area contributed by atoms with Crippen LogP contribution in [-0.4, -0.2) is 19.1 Å². The second kappa shape index (κ2) is 10.8. The molecule has 51 heavy (non-hydrogen) atoms. The molecule has 0 atom stereocenters. The highest BCUT2D eigenvalue weighted by Gasteiger charge is 2.22. The number of para-hydroxylation sites is 4. The Hall–Kier alpha value is -6.98. The first kappa shape index (κ1) is 27.9. The van der Waals surface area contributed by atoms with Gasteiger partial charge in [0.25, 0.3) is 0 Å². The second-order valence-corrected chi connectivity index (χ2v) is 13.0. The van der Waals surface area contributed by atoms with E-state index in [4.69, 9.17) is 14.4 Å². The van der Waals surface area contributed by atoms with E-state index in [2.05, 4.69) is 155 Å². The molecule has 0 aliphatic carbocycles. The van der Waals surface area contributed by atoms with Gasteiger partial charge in [-0.2, -0.15) is 0 Å². The third-order valence-electron chi connectivity index (χ3n) is 10.2. The number of aromatic nitrogens is 4. The van der Waals surface area contributed by atoms with Gasteiger partial charge in [-0.15, -0.1) is 0 Å². The highest BCUT2D eigenvalue weighted by Crippen LogP contribution is 2.44. The van der Waals surface area contributed by atoms with Crippen LogP contribution in [0.4, 0.5) is 0 Å². The van der Waals surface area contributed by atoms with Crippen LogP contribution in [0.1, 0.15) is 0 Å². The van der Waals surface area contributed by atoms with Gasteiger partial charge in [-0.05, 0) is 77.9 Å². The molecule has 5 nitrogen and oxygen atoms in total. The van der Waals surface area contributed by atoms with Crippen molar-refractivity contribution >= 4 is 65.6 Å². The van der Waals surface area contributed by atoms with Gasteiger partial charge in [-0.1, -0.05) is 97.1 Å². The molecule has 0 amide bonds. The Kier molecular flexibility index (Phi) is 5.89. The molecule has 7 aromatic carbocycles. The van der Waals surface area contributed by atoms with E-state index in [1.807, 2.05) is 24.4 Å². The summed E-state index contributed by atoms with van der Waals surface area (Å²) in [7, 11) is 0. The standard InChI is InChI=1S/C46H28N4O/c1-2-13-30(14-3-1)49-40-21-9-6-17-36(40)43-35(18-10-22-41(43)49)32-25-24-31(50-38-19-7-4-15-33(38)34-16-5-8-20-39(34)50)28-37(32)46-48-45-42(51-46)26-23-29-12-11-27-47-44(29)45/h1-28H. The fraction of sp³-hybridized carbons (Fsp3) is 0. The summed E-state index contributed by atoms with van der Waals surface area (Å²) in [6.45, 7) is 0. The van der Waals surface area contributed by atoms with Crippen molar-refractivity contribution in [2.75, 3.05) is 0 Å². The first-order valence-corrected chi connectivity index (χ1v) is 17.2. The topological polar surface area (TPSA) is 48.8 Å². The minimum absolute atomic E-state index is 0.560. The van der Waals surface area contributed by atoms with E-state index in [9.17, 15) is 0 Å². The highest BCUT2D eigenvalue weighted by atomic mass is 16.3. The lowest BCUT2D eigenvalue weighted by atomic mass is 9.94. The van der Waals surface area contributed by atoms with Gasteiger partial charge < -0.3 is 13.6 Å². The number of hydrogen-bond acceptors (Lipinski definition) is 3. The quantitative estimate of drug-likeness (QED) is 0.190. The van der Waals surface area contributed by atoms with E-state index >= 15 is 0 Å². The van der Waals surface area contributed by atoms with Crippen molar-refractivity contribution in [3.63, 3.8) is 0 Å². The van der Waals surface area contributed by atoms with E-state index in [-0.39, 0.29) is 0 Å². The van der Waals surface area contributed by atoms with Crippen molar-refractivity contribution in [1.29, 1.82) is 0 Å². The van der Waals surface area contributed by atoms with Crippen LogP contribution < -0.4 is 0 Å². The van der Waals surface area contributed by atoms with Crippen LogP contribution in [0.25, 0.3) is 99.6 Å². The fourth-order valence-electron chi connectivity index (χ4n) is 8.03. The normalized spacial score (nSPS) is 11.9. The van der Waals surface area contributed by atoms with Crippen molar-refractivity contribution in [3.8, 4) is 34.0 Å². The summed E-state index contributed by atoms with van der Waals surface area (Å²) in [5.74, 6) is 0.560. The lowest BCUT2D eigenvalue weighted by Crippen LogP contribution is -1.96. The van der Waals surface area contributed by atoms with Crippen molar-refractivity contribution < 1.29 is 4.42 Å². The van der Waals surface area contributed by atoms with Crippen LogP contribution in [-0.2, 0) is 0 Å². The summed E-state index contributed by atoms with van der Waals surface area (Å²) >= 11 is 0. The minimum atomic E-state index is 0.560. The molecule has 0 aliphatic rings. The first-order chi connectivity index (χ1) is 25.3. The zero-order chi connectivity index (χ0) is 33.5. The lowest BCUT2D eigenvalue weighted by Gasteiger charge is -2.14. The lowest BCUT2D eigenvalue weighted by molar-refractivity contribution is 0.620. The van der Waals surface area contributed by atoms with Crippen LogP contribution in [0.5, 0.6) is 0 Å². The monoisotopic (exact) mass is 652 g/mol. The molecule has 0 saturated carbocycles. The molecule has 11 aromatic rings. The SMILES string of the molecule is c1ccc(-n2c3ccccc3c3c(-c4ccc(-n5c6ccccc6c6ccccc65)cc4-c4nc5c(ccc6cccnc65)o4)cccc32)cc1. The van der Waals surface area contributed by atoms with Crippen molar-refractivity contribution in [1.82, 2.24) is 19.1 Å². The van der Waals surface area contributed by atoms with Crippen LogP contribution in [0.2, 0.25) is 0 Å². The van der Waals surface area contributed by atoms with E-state index in [1.165, 1.54) is 21.5 Å². The molecule has 0 radical (unpaired) electrons. The van der Waals surface area contributed by atoms with Gasteiger partial charge in [0, 0.05) is 50.1 Å². The number of pyridine rings is 1. The molecule has 4 heterocycles. The summed E-state index contributed by atoms with van der Waals surface area (Å²) in [5.41, 5.74) is 12.2. The molecule has 0 spiro atoms. The van der Waals surface area contributed by atoms with Gasteiger partial charge >= 0.3 is 0 Å². The molecule has 11 rings (SSSR count). The summed E-state index contributed by atoms with van der Waals surface area (Å²) in [5, 5.41) is 5.85. The minimum Gasteiger partial charge on any atom is -0.436 e. The molecule has 5 heteroatoms. The molecule has 0 N–H and O–H groups in total. The van der Waals surface area contributed by atoms with Gasteiger partial charge in [0.2, 0.25) is 5.89 Å². The predicted octanol–water partition coefficient (Wildman–Crippen LogP) is 11.9. The molecule has 4 aromatic heterocycles. The van der Waals surface area contributed by atoms with Crippen LogP contribution in [0, 0.1) is 0 Å². The molecule has 0 saturated heterocycles. The van der Waals surface area contributed by atoms with Gasteiger partial charge in [-0.3, -0.25) is 4.98 Å². The average Bonchev–Trinajstić information content (AvgIpc) is 3.89. The molecule has 0 bridgehead atoms. The van der Waals surface area contributed by atoms with E-state index in [1.54, 1.807) is 0 Å². The van der Waals surface area contributed by atoms with Crippen molar-refractivity contribution in [2.45, 2.75) is 0 Å². The van der Waals surface area contributed by atoms with Gasteiger partial charge in [-0.25, -0.2) is 4.98 Å². The van der Waals surface area contributed by atoms with E-state index in [0.29, 0.717) is 11.5 Å². The summed E-state index contributed by atoms with van der Waals surface area (Å²) in [6.07, 6.45) is 1.81. The van der Waals surface area contributed by atoms with Gasteiger partial charge in [0.1, 0.15) is 5.52 Å². The largest absolute Gasteiger partial charge is 0.436 e. The highest BCUT2D eigenvalue weighted by molar-refractivity contribution is 6.17. The predicted molar refractivity (Wildman–Crippen MR) is 209 cm³/mol. The summed E-state index contributed by atoms with van der Waals surface area (Å²) in [4.78, 5) is 9.90. The Bertz CT molecular complexity index is 3090. The Labute approximate surface area is 292 Å². The number of benzene rings is 7. The number of fused-ring (bicyclic) bond motifs is 9. The first-order valence-electron chi connectivity index (χ1n) is 17.2.